The fourth-order valence-electron chi connectivity index (χ4n) is 0. The Morgan fingerprint density at radius 3 is 0.267 bits per heavy atom. The summed E-state index contributed by atoms with van der Waals surface area (Å²) in [5.74, 6) is 0. The van der Waals surface area contributed by atoms with Gasteiger partial charge in [-0.05, 0) is 41.5 Å². The van der Waals surface area contributed by atoms with Crippen LogP contribution in [0.15, 0.2) is 0 Å². The molecule has 0 aromatic carbocycles. The van der Waals surface area contributed by atoms with E-state index in [1.54, 1.807) is 0 Å². The zero-order valence-corrected chi connectivity index (χ0v) is 16.6. The molecule has 0 aliphatic carbocycles. The lowest BCUT2D eigenvalue weighted by atomic mass is 10.9. The van der Waals surface area contributed by atoms with Crippen molar-refractivity contribution in [2.45, 2.75) is 86.1 Å². The Labute approximate surface area is 188 Å². The van der Waals surface area contributed by atoms with Crippen molar-refractivity contribution >= 4 is 0 Å². The van der Waals surface area contributed by atoms with Crippen LogP contribution in [0.2, 0.25) is 0 Å². The first kappa shape index (κ1) is 114. The van der Waals surface area contributed by atoms with Crippen molar-refractivity contribution in [3.63, 3.8) is 0 Å². The number of halogens is 9. The van der Waals surface area contributed by atoms with Crippen LogP contribution >= 0.6 is 0 Å². The molecule has 0 bridgehead atoms. The van der Waals surface area contributed by atoms with Crippen LogP contribution in [-0.2, 0) is 0 Å². The maximum absolute atomic E-state index is 10.3. The average Bonchev–Trinajstić information content (AvgIpc) is 2.57. The molecular weight excluding hydrogens is 423 g/mol. The van der Waals surface area contributed by atoms with E-state index in [2.05, 4.69) is 0 Å². The minimum atomic E-state index is -0.250. The Bertz CT molecular complexity index is 41.9. The molecule has 0 N–H and O–H groups in total. The van der Waals surface area contributed by atoms with Gasteiger partial charge in [0.1, 0.15) is 0 Å². The molecule has 0 aromatic heterocycles. The Morgan fingerprint density at radius 1 is 0.267 bits per heavy atom. The third-order valence-electron chi connectivity index (χ3n) is 0. The molecule has 0 fully saturated rings. The number of rotatable bonds is 0. The van der Waals surface area contributed by atoms with Gasteiger partial charge in [-0.3, -0.25) is 39.5 Å². The number of hydrogen-bond acceptors (Lipinski definition) is 0. The Balaban J connectivity index is -0.00000000636. The summed E-state index contributed by atoms with van der Waals surface area (Å²) in [7, 11) is 1.50. The molecule has 0 aliphatic heterocycles. The van der Waals surface area contributed by atoms with Gasteiger partial charge in [-0.1, -0.05) is 44.6 Å². The van der Waals surface area contributed by atoms with Crippen molar-refractivity contribution in [2.24, 2.45) is 0 Å². The summed E-state index contributed by atoms with van der Waals surface area (Å²) in [5.41, 5.74) is 0. The van der Waals surface area contributed by atoms with Crippen molar-refractivity contribution in [1.82, 2.24) is 0 Å². The van der Waals surface area contributed by atoms with Gasteiger partial charge in [-0.15, -0.1) is 0 Å². The molecule has 0 atom stereocenters. The fraction of sp³-hybridized carbons (Fsp3) is 1.00. The minimum absolute atomic E-state index is 0. The summed E-state index contributed by atoms with van der Waals surface area (Å²) in [6.45, 7) is 7.25. The molecule has 9 heteroatoms. The van der Waals surface area contributed by atoms with Gasteiger partial charge in [0.2, 0.25) is 0 Å². The van der Waals surface area contributed by atoms with Crippen molar-refractivity contribution in [3.05, 3.63) is 0 Å². The second kappa shape index (κ2) is 737. The summed E-state index contributed by atoms with van der Waals surface area (Å²) in [6.07, 6.45) is 0. The smallest absolute Gasteiger partial charge is 0.0866 e. The van der Waals surface area contributed by atoms with Gasteiger partial charge >= 0.3 is 0 Å². The fourth-order valence-corrected chi connectivity index (χ4v) is 0. The Kier molecular flexibility index (Phi) is 2810. The minimum Gasteiger partial charge on any atom is -0.255 e. The van der Waals surface area contributed by atoms with Gasteiger partial charge in [0.05, 0.1) is 61.6 Å². The predicted octanol–water partition coefficient (Wildman–Crippen LogP) is 11.4. The van der Waals surface area contributed by atoms with Crippen LogP contribution in [-0.4, -0.2) is 61.6 Å². The normalized spacial score (nSPS) is 4.20. The van der Waals surface area contributed by atoms with E-state index >= 15 is 0 Å². The molecule has 0 radical (unpaired) electrons. The van der Waals surface area contributed by atoms with Crippen molar-refractivity contribution in [3.8, 4) is 0 Å². The highest BCUT2D eigenvalue weighted by molar-refractivity contribution is 3.87. The first-order valence-corrected chi connectivity index (χ1v) is 6.98. The van der Waals surface area contributed by atoms with E-state index in [1.807, 2.05) is 0 Å². The zero-order valence-electron chi connectivity index (χ0n) is 16.6. The summed E-state index contributed by atoms with van der Waals surface area (Å²) < 4.78 is 90.2. The molecule has 30 heavy (non-hydrogen) atoms. The summed E-state index contributed by atoms with van der Waals surface area (Å²) in [4.78, 5) is 0. The second-order valence-corrected chi connectivity index (χ2v) is 1.60. The van der Waals surface area contributed by atoms with E-state index < -0.39 is 0 Å². The largest absolute Gasteiger partial charge is 0.255 e. The lowest BCUT2D eigenvalue weighted by molar-refractivity contribution is 0.527. The highest BCUT2D eigenvalue weighted by atomic mass is 19.2. The average molecular weight is 487 g/mol. The van der Waals surface area contributed by atoms with Crippen LogP contribution in [0.3, 0.4) is 0 Å². The number of hydrogen-bond donors (Lipinski definition) is 0. The molecule has 0 aliphatic rings. The quantitative estimate of drug-likeness (QED) is 0.299. The van der Waals surface area contributed by atoms with E-state index in [0.717, 1.165) is 0 Å². The van der Waals surface area contributed by atoms with Crippen LogP contribution in [0, 0.1) is 0 Å². The van der Waals surface area contributed by atoms with Gasteiger partial charge in [0, 0.05) is 0 Å². The number of alkyl halides is 9. The van der Waals surface area contributed by atoms with Gasteiger partial charge in [-0.25, -0.2) is 0 Å². The highest BCUT2D eigenvalue weighted by Crippen LogP contribution is 1.50. The van der Waals surface area contributed by atoms with Gasteiger partial charge in [0.15, 0.2) is 0 Å². The van der Waals surface area contributed by atoms with Gasteiger partial charge < -0.3 is 0 Å². The molecule has 0 amide bonds. The topological polar surface area (TPSA) is 0 Å². The van der Waals surface area contributed by atoms with Crippen LogP contribution in [0.5, 0.6) is 0 Å². The second-order valence-electron chi connectivity index (χ2n) is 1.60. The van der Waals surface area contributed by atoms with Crippen LogP contribution in [0.4, 0.5) is 39.5 Å². The molecule has 0 rings (SSSR count). The van der Waals surface area contributed by atoms with Crippen molar-refractivity contribution < 1.29 is 39.5 Å². The summed E-state index contributed by atoms with van der Waals surface area (Å²) >= 11 is 0. The Hall–Kier alpha value is -0.630. The SMILES string of the molecule is C.C.C.C.C.C.CCF.CCF.CCF.CCF.CCF.CCF.CF.CF.CF. The molecule has 0 spiro atoms. The maximum atomic E-state index is 10.3. The van der Waals surface area contributed by atoms with Crippen molar-refractivity contribution in [2.75, 3.05) is 61.6 Å². The molecule has 0 aromatic rings. The van der Waals surface area contributed by atoms with E-state index in [1.165, 1.54) is 41.5 Å². The van der Waals surface area contributed by atoms with E-state index in [4.69, 9.17) is 0 Å². The Morgan fingerprint density at radius 2 is 0.267 bits per heavy atom. The van der Waals surface area contributed by atoms with E-state index in [-0.39, 0.29) is 84.6 Å². The van der Waals surface area contributed by atoms with E-state index in [0.29, 0.717) is 21.5 Å². The van der Waals surface area contributed by atoms with Crippen molar-refractivity contribution in [1.29, 1.82) is 0 Å². The van der Waals surface area contributed by atoms with Crippen LogP contribution in [0.25, 0.3) is 0 Å². The third kappa shape index (κ3) is 48000. The highest BCUT2D eigenvalue weighted by Gasteiger charge is 1.41. The monoisotopic (exact) mass is 486 g/mol. The first-order chi connectivity index (χ1) is 11.5. The first-order valence-electron chi connectivity index (χ1n) is 6.98. The molecule has 0 saturated carbocycles. The third-order valence-corrected chi connectivity index (χ3v) is 0. The molecule has 0 saturated heterocycles. The molecule has 0 unspecified atom stereocenters. The molecular formula is C21H63F9. The molecule has 0 nitrogen and oxygen atoms in total. The van der Waals surface area contributed by atoms with Gasteiger partial charge in [0.25, 0.3) is 0 Å². The molecule has 210 valence electrons. The van der Waals surface area contributed by atoms with E-state index in [9.17, 15) is 39.5 Å². The maximum Gasteiger partial charge on any atom is 0.0866 e. The standard InChI is InChI=1S/6C2H5F.3CH3F.6CH4/c6*1-2-3;3*1-2;;;;;;/h6*2H2,1H3;3*1H3;6*1H4. The molecule has 0 heterocycles. The van der Waals surface area contributed by atoms with Crippen LogP contribution < -0.4 is 0 Å². The van der Waals surface area contributed by atoms with Gasteiger partial charge in [-0.2, -0.15) is 0 Å². The predicted molar refractivity (Wildman–Crippen MR) is 131 cm³/mol. The summed E-state index contributed by atoms with van der Waals surface area (Å²) in [5, 5.41) is 0. The summed E-state index contributed by atoms with van der Waals surface area (Å²) in [6, 6.07) is 0. The zero-order chi connectivity index (χ0) is 22.2. The van der Waals surface area contributed by atoms with Crippen LogP contribution in [0.1, 0.15) is 86.1 Å². The lowest BCUT2D eigenvalue weighted by Gasteiger charge is -1.45. The lowest BCUT2D eigenvalue weighted by Crippen LogP contribution is -1.40.